The van der Waals surface area contributed by atoms with Gasteiger partial charge in [-0.25, -0.2) is 0 Å². The van der Waals surface area contributed by atoms with Gasteiger partial charge >= 0.3 is 101 Å². The van der Waals surface area contributed by atoms with Gasteiger partial charge in [0.15, 0.2) is 0 Å². The van der Waals surface area contributed by atoms with E-state index in [1.54, 1.807) is 6.56 Å². The minimum absolute atomic E-state index is 0. The molecule has 0 fully saturated rings. The van der Waals surface area contributed by atoms with Gasteiger partial charge in [-0.3, -0.25) is 0 Å². The first-order valence-electron chi connectivity index (χ1n) is 5.61. The summed E-state index contributed by atoms with van der Waals surface area (Å²) in [4.78, 5) is 0. The van der Waals surface area contributed by atoms with Crippen molar-refractivity contribution in [2.24, 2.45) is 0 Å². The van der Waals surface area contributed by atoms with Crippen LogP contribution in [0.3, 0.4) is 0 Å². The van der Waals surface area contributed by atoms with Gasteiger partial charge in [0.05, 0.1) is 0 Å². The Bertz CT molecular complexity index is 346. The summed E-state index contributed by atoms with van der Waals surface area (Å²) in [7, 11) is 0. The standard InChI is InChI=1S/2C5H5.C4H7.2ClH.Zr/c2*1-2-4-5-3-1;1-3-4-2;;;/h2*1-3H,4H2;3-4H,1H2,2H3;2*1H;. The van der Waals surface area contributed by atoms with Crippen LogP contribution in [0, 0.1) is 0 Å². The second-order valence-electron chi connectivity index (χ2n) is 3.90. The van der Waals surface area contributed by atoms with Gasteiger partial charge in [0, 0.05) is 0 Å². The summed E-state index contributed by atoms with van der Waals surface area (Å²) in [5.41, 5.74) is 0. The first kappa shape index (κ1) is 17.2. The summed E-state index contributed by atoms with van der Waals surface area (Å²) >= 11 is -1.46. The Balaban J connectivity index is 0.00000128. The van der Waals surface area contributed by atoms with Crippen LogP contribution in [0.5, 0.6) is 0 Å². The van der Waals surface area contributed by atoms with Gasteiger partial charge in [0.2, 0.25) is 0 Å². The molecule has 17 heavy (non-hydrogen) atoms. The van der Waals surface area contributed by atoms with Crippen molar-refractivity contribution in [3.8, 4) is 0 Å². The van der Waals surface area contributed by atoms with Crippen LogP contribution < -0.4 is 0 Å². The van der Waals surface area contributed by atoms with Crippen LogP contribution in [-0.2, 0) is 21.8 Å². The van der Waals surface area contributed by atoms with Crippen molar-refractivity contribution >= 4 is 24.8 Å². The molecule has 0 bridgehead atoms. The molecule has 0 aliphatic heterocycles. The molecule has 3 heteroatoms. The predicted octanol–water partition coefficient (Wildman–Crippen LogP) is 5.13. The normalized spacial score (nSPS) is 16.5. The third-order valence-corrected chi connectivity index (χ3v) is 10.1. The van der Waals surface area contributed by atoms with Gasteiger partial charge in [-0.1, -0.05) is 0 Å². The van der Waals surface area contributed by atoms with Crippen LogP contribution in [0.4, 0.5) is 0 Å². The van der Waals surface area contributed by atoms with E-state index in [0.717, 1.165) is 0 Å². The first-order chi connectivity index (χ1) is 7.42. The van der Waals surface area contributed by atoms with Gasteiger partial charge in [-0.2, -0.15) is 0 Å². The summed E-state index contributed by atoms with van der Waals surface area (Å²) in [6.45, 7) is 2.13. The monoisotopic (exact) mass is 347 g/mol. The van der Waals surface area contributed by atoms with Crippen molar-refractivity contribution in [3.63, 3.8) is 0 Å². The third kappa shape index (κ3) is 4.74. The van der Waals surface area contributed by atoms with Crippen molar-refractivity contribution in [2.45, 2.75) is 23.9 Å². The Morgan fingerprint density at radius 1 is 1.06 bits per heavy atom. The Kier molecular flexibility index (Phi) is 9.23. The molecule has 0 aromatic carbocycles. The molecular formula is C14H19Cl2Zr. The molecule has 2 aliphatic rings. The maximum Gasteiger partial charge on any atom is -0.147 e. The molecule has 0 N–H and O–H groups in total. The number of halogens is 2. The molecule has 93 valence electrons. The van der Waals surface area contributed by atoms with Gasteiger partial charge in [-0.05, 0) is 0 Å². The molecule has 0 heterocycles. The summed E-state index contributed by atoms with van der Waals surface area (Å²) in [6.07, 6.45) is 20.8. The van der Waals surface area contributed by atoms with Crippen molar-refractivity contribution in [1.82, 2.24) is 0 Å². The second kappa shape index (κ2) is 9.14. The maximum absolute atomic E-state index is 2.37. The van der Waals surface area contributed by atoms with Gasteiger partial charge < -0.3 is 0 Å². The van der Waals surface area contributed by atoms with E-state index < -0.39 is 21.8 Å². The van der Waals surface area contributed by atoms with Crippen LogP contribution in [-0.4, -0.2) is 0 Å². The minimum Gasteiger partial charge on any atom is -0.147 e. The Hall–Kier alpha value is 0.163. The molecule has 0 spiro atoms. The maximum atomic E-state index is 2.37. The van der Waals surface area contributed by atoms with Crippen LogP contribution in [0.2, 0.25) is 4.13 Å². The van der Waals surface area contributed by atoms with Crippen LogP contribution >= 0.6 is 24.8 Å². The van der Waals surface area contributed by atoms with Crippen LogP contribution in [0.25, 0.3) is 0 Å². The van der Waals surface area contributed by atoms with E-state index in [-0.39, 0.29) is 24.8 Å². The molecule has 0 aromatic rings. The van der Waals surface area contributed by atoms with Crippen LogP contribution in [0.15, 0.2) is 55.2 Å². The van der Waals surface area contributed by atoms with Gasteiger partial charge in [-0.15, -0.1) is 24.8 Å². The zero-order valence-corrected chi connectivity index (χ0v) is 14.1. The average Bonchev–Trinajstić information content (AvgIpc) is 2.90. The fraction of sp³-hybridized carbons (Fsp3) is 0.286. The predicted molar refractivity (Wildman–Crippen MR) is 77.8 cm³/mol. The van der Waals surface area contributed by atoms with E-state index in [2.05, 4.69) is 55.5 Å². The van der Waals surface area contributed by atoms with E-state index in [4.69, 9.17) is 0 Å². The SMILES string of the molecule is CC=C[CH2][Zr]([C]1=CC=CC1)[C]1=CC=CC1.Cl.Cl. The first-order valence-corrected chi connectivity index (χ1v) is 9.80. The topological polar surface area (TPSA) is 0 Å². The largest absolute Gasteiger partial charge is 0.147 e. The molecule has 0 amide bonds. The molecular weight excluding hydrogens is 330 g/mol. The van der Waals surface area contributed by atoms with Crippen LogP contribution in [0.1, 0.15) is 19.8 Å². The summed E-state index contributed by atoms with van der Waals surface area (Å²) in [5, 5.41) is 0. The number of hydrogen-bond donors (Lipinski definition) is 0. The Labute approximate surface area is 125 Å². The number of allylic oxidation sites excluding steroid dienone is 10. The third-order valence-electron chi connectivity index (χ3n) is 2.88. The average molecular weight is 349 g/mol. The van der Waals surface area contributed by atoms with E-state index >= 15 is 0 Å². The second-order valence-corrected chi connectivity index (χ2v) is 10.4. The summed E-state index contributed by atoms with van der Waals surface area (Å²) in [5.74, 6) is 0. The zero-order chi connectivity index (χ0) is 10.5. The fourth-order valence-electron chi connectivity index (χ4n) is 2.05. The summed E-state index contributed by atoms with van der Waals surface area (Å²) < 4.78 is 4.88. The molecule has 0 unspecified atom stereocenters. The van der Waals surface area contributed by atoms with E-state index in [1.807, 2.05) is 0 Å². The Morgan fingerprint density at radius 2 is 1.59 bits per heavy atom. The molecule has 0 atom stereocenters. The molecule has 2 rings (SSSR count). The van der Waals surface area contributed by atoms with Crippen molar-refractivity contribution < 1.29 is 21.8 Å². The molecule has 0 radical (unpaired) electrons. The number of hydrogen-bond acceptors (Lipinski definition) is 0. The Morgan fingerprint density at radius 3 is 1.94 bits per heavy atom. The van der Waals surface area contributed by atoms with Crippen molar-refractivity contribution in [3.05, 3.63) is 55.2 Å². The molecule has 0 saturated heterocycles. The van der Waals surface area contributed by atoms with E-state index in [9.17, 15) is 0 Å². The molecule has 2 aliphatic carbocycles. The van der Waals surface area contributed by atoms with Crippen molar-refractivity contribution in [2.75, 3.05) is 0 Å². The zero-order valence-electron chi connectivity index (χ0n) is 10.1. The van der Waals surface area contributed by atoms with E-state index in [0.29, 0.717) is 0 Å². The molecule has 0 saturated carbocycles. The molecule has 0 nitrogen and oxygen atoms in total. The smallest absolute Gasteiger partial charge is 0.147 e. The van der Waals surface area contributed by atoms with Gasteiger partial charge in [0.25, 0.3) is 0 Å². The quantitative estimate of drug-likeness (QED) is 0.617. The van der Waals surface area contributed by atoms with E-state index in [1.165, 1.54) is 17.0 Å². The van der Waals surface area contributed by atoms with Gasteiger partial charge in [0.1, 0.15) is 0 Å². The molecule has 0 aromatic heterocycles. The van der Waals surface area contributed by atoms with Crippen molar-refractivity contribution in [1.29, 1.82) is 0 Å². The summed E-state index contributed by atoms with van der Waals surface area (Å²) in [6, 6.07) is 0. The fourth-order valence-corrected chi connectivity index (χ4v) is 8.76. The number of rotatable bonds is 4. The minimum atomic E-state index is -1.46.